The Hall–Kier alpha value is -3.80. The average Bonchev–Trinajstić information content (AvgIpc) is 3.28. The number of amides is 1. The van der Waals surface area contributed by atoms with Gasteiger partial charge in [0.25, 0.3) is 5.91 Å². The van der Waals surface area contributed by atoms with Crippen LogP contribution >= 0.6 is 0 Å². The number of carbonyl (C=O) groups is 1. The fourth-order valence-corrected chi connectivity index (χ4v) is 3.16. The number of hydrogen-bond donors (Lipinski definition) is 1. The van der Waals surface area contributed by atoms with Crippen LogP contribution in [0.15, 0.2) is 80.6 Å². The smallest absolute Gasteiger partial charge is 0.257 e. The van der Waals surface area contributed by atoms with E-state index in [2.05, 4.69) is 5.32 Å². The lowest BCUT2D eigenvalue weighted by molar-refractivity contribution is -0.123. The van der Waals surface area contributed by atoms with Gasteiger partial charge in [0, 0.05) is 6.54 Å². The molecule has 6 nitrogen and oxygen atoms in total. The van der Waals surface area contributed by atoms with E-state index in [1.165, 1.54) is 6.26 Å². The van der Waals surface area contributed by atoms with Crippen LogP contribution in [-0.2, 0) is 11.2 Å². The summed E-state index contributed by atoms with van der Waals surface area (Å²) in [4.78, 5) is 25.2. The molecule has 0 saturated heterocycles. The molecule has 0 aliphatic carbocycles. The molecule has 6 heteroatoms. The molecule has 152 valence electrons. The van der Waals surface area contributed by atoms with Gasteiger partial charge in [-0.3, -0.25) is 9.59 Å². The molecule has 0 aliphatic rings. The van der Waals surface area contributed by atoms with E-state index in [0.29, 0.717) is 29.7 Å². The van der Waals surface area contributed by atoms with Gasteiger partial charge in [0.15, 0.2) is 12.4 Å². The van der Waals surface area contributed by atoms with E-state index in [9.17, 15) is 9.59 Å². The lowest BCUT2D eigenvalue weighted by Crippen LogP contribution is -2.31. The molecule has 0 bridgehead atoms. The molecule has 30 heavy (non-hydrogen) atoms. The average molecular weight is 403 g/mol. The molecule has 2 aromatic carbocycles. The van der Waals surface area contributed by atoms with Crippen LogP contribution in [0.5, 0.6) is 5.75 Å². The highest BCUT2D eigenvalue weighted by molar-refractivity contribution is 5.82. The van der Waals surface area contributed by atoms with Crippen molar-refractivity contribution in [1.29, 1.82) is 0 Å². The number of furan rings is 1. The molecule has 2 heterocycles. The van der Waals surface area contributed by atoms with Gasteiger partial charge in [0.1, 0.15) is 5.58 Å². The van der Waals surface area contributed by atoms with E-state index in [0.717, 1.165) is 11.1 Å². The van der Waals surface area contributed by atoms with Crippen molar-refractivity contribution in [3.8, 4) is 17.3 Å². The Morgan fingerprint density at radius 3 is 2.67 bits per heavy atom. The summed E-state index contributed by atoms with van der Waals surface area (Å²) in [5.41, 5.74) is 2.18. The van der Waals surface area contributed by atoms with Crippen LogP contribution in [-0.4, -0.2) is 19.1 Å². The number of fused-ring (bicyclic) bond motifs is 1. The Morgan fingerprint density at radius 2 is 1.90 bits per heavy atom. The largest absolute Gasteiger partial charge is 0.476 e. The van der Waals surface area contributed by atoms with Crippen LogP contribution < -0.4 is 15.5 Å². The summed E-state index contributed by atoms with van der Waals surface area (Å²) in [6.07, 6.45) is 2.19. The Kier molecular flexibility index (Phi) is 5.66. The van der Waals surface area contributed by atoms with Crippen LogP contribution in [0.4, 0.5) is 0 Å². The van der Waals surface area contributed by atoms with Crippen molar-refractivity contribution in [2.75, 3.05) is 13.2 Å². The van der Waals surface area contributed by atoms with E-state index in [-0.39, 0.29) is 29.5 Å². The molecular weight excluding hydrogens is 382 g/mol. The molecule has 0 fully saturated rings. The molecule has 0 atom stereocenters. The number of benzene rings is 2. The standard InChI is InChI=1S/C24H21NO5/c1-16-9-10-18-20(14-16)30-23(19-8-5-13-28-19)24(22(18)27)29-15-21(26)25-12-11-17-6-3-2-4-7-17/h2-10,13-14H,11-12,15H2,1H3,(H,25,26). The number of nitrogens with one attached hydrogen (secondary N) is 1. The van der Waals surface area contributed by atoms with Gasteiger partial charge in [-0.05, 0) is 48.7 Å². The lowest BCUT2D eigenvalue weighted by atomic mass is 10.1. The summed E-state index contributed by atoms with van der Waals surface area (Å²) in [5.74, 6) is 0.161. The zero-order valence-corrected chi connectivity index (χ0v) is 16.5. The molecule has 0 saturated carbocycles. The lowest BCUT2D eigenvalue weighted by Gasteiger charge is -2.11. The minimum Gasteiger partial charge on any atom is -0.476 e. The van der Waals surface area contributed by atoms with Crippen LogP contribution in [0.2, 0.25) is 0 Å². The van der Waals surface area contributed by atoms with Gasteiger partial charge in [-0.2, -0.15) is 0 Å². The normalized spacial score (nSPS) is 10.8. The minimum absolute atomic E-state index is 0.0421. The summed E-state index contributed by atoms with van der Waals surface area (Å²) < 4.78 is 16.9. The SMILES string of the molecule is Cc1ccc2c(=O)c(OCC(=O)NCCc3ccccc3)c(-c3ccco3)oc2c1. The Labute approximate surface area is 173 Å². The molecule has 4 rings (SSSR count). The highest BCUT2D eigenvalue weighted by Crippen LogP contribution is 2.31. The van der Waals surface area contributed by atoms with Crippen molar-refractivity contribution in [2.45, 2.75) is 13.3 Å². The van der Waals surface area contributed by atoms with Crippen LogP contribution in [0.1, 0.15) is 11.1 Å². The molecule has 4 aromatic rings. The number of aryl methyl sites for hydroxylation is 1. The molecular formula is C24H21NO5. The second kappa shape index (κ2) is 8.69. The van der Waals surface area contributed by atoms with Crippen LogP contribution in [0.3, 0.4) is 0 Å². The van der Waals surface area contributed by atoms with E-state index in [1.54, 1.807) is 24.3 Å². The third kappa shape index (κ3) is 4.27. The maximum atomic E-state index is 13.0. The first kappa shape index (κ1) is 19.5. The Morgan fingerprint density at radius 1 is 1.07 bits per heavy atom. The fraction of sp³-hybridized carbons (Fsp3) is 0.167. The predicted molar refractivity (Wildman–Crippen MR) is 114 cm³/mol. The maximum Gasteiger partial charge on any atom is 0.257 e. The Balaban J connectivity index is 1.52. The van der Waals surface area contributed by atoms with Crippen LogP contribution in [0.25, 0.3) is 22.5 Å². The summed E-state index contributed by atoms with van der Waals surface area (Å²) in [6.45, 7) is 2.09. The second-order valence-corrected chi connectivity index (χ2v) is 6.94. The second-order valence-electron chi connectivity index (χ2n) is 6.94. The summed E-state index contributed by atoms with van der Waals surface area (Å²) in [6, 6.07) is 18.5. The molecule has 0 aliphatic heterocycles. The summed E-state index contributed by atoms with van der Waals surface area (Å²) in [5, 5.41) is 3.18. The van der Waals surface area contributed by atoms with Crippen molar-refractivity contribution in [3.05, 3.63) is 88.3 Å². The number of carbonyl (C=O) groups excluding carboxylic acids is 1. The summed E-state index contributed by atoms with van der Waals surface area (Å²) in [7, 11) is 0. The molecule has 1 N–H and O–H groups in total. The van der Waals surface area contributed by atoms with Gasteiger partial charge in [0.05, 0.1) is 11.6 Å². The quantitative estimate of drug-likeness (QED) is 0.502. The van der Waals surface area contributed by atoms with Crippen molar-refractivity contribution in [3.63, 3.8) is 0 Å². The third-order valence-electron chi connectivity index (χ3n) is 4.68. The van der Waals surface area contributed by atoms with Gasteiger partial charge < -0.3 is 18.9 Å². The predicted octanol–water partition coefficient (Wildman–Crippen LogP) is 4.10. The zero-order chi connectivity index (χ0) is 20.9. The molecule has 2 aromatic heterocycles. The number of ether oxygens (including phenoxy) is 1. The molecule has 0 radical (unpaired) electrons. The monoisotopic (exact) mass is 403 g/mol. The zero-order valence-electron chi connectivity index (χ0n) is 16.5. The van der Waals surface area contributed by atoms with Gasteiger partial charge >= 0.3 is 0 Å². The highest BCUT2D eigenvalue weighted by Gasteiger charge is 2.20. The van der Waals surface area contributed by atoms with E-state index in [1.807, 2.05) is 43.3 Å². The topological polar surface area (TPSA) is 81.7 Å². The van der Waals surface area contributed by atoms with Gasteiger partial charge in [-0.1, -0.05) is 36.4 Å². The van der Waals surface area contributed by atoms with Crippen molar-refractivity contribution < 1.29 is 18.4 Å². The van der Waals surface area contributed by atoms with E-state index in [4.69, 9.17) is 13.6 Å². The Bertz CT molecular complexity index is 1210. The van der Waals surface area contributed by atoms with E-state index < -0.39 is 0 Å². The third-order valence-corrected chi connectivity index (χ3v) is 4.68. The van der Waals surface area contributed by atoms with Crippen molar-refractivity contribution in [1.82, 2.24) is 5.32 Å². The van der Waals surface area contributed by atoms with Crippen LogP contribution in [0, 0.1) is 6.92 Å². The van der Waals surface area contributed by atoms with Gasteiger partial charge in [-0.15, -0.1) is 0 Å². The summed E-state index contributed by atoms with van der Waals surface area (Å²) >= 11 is 0. The highest BCUT2D eigenvalue weighted by atomic mass is 16.5. The fourth-order valence-electron chi connectivity index (χ4n) is 3.16. The minimum atomic E-state index is -0.347. The van der Waals surface area contributed by atoms with Crippen molar-refractivity contribution in [2.24, 2.45) is 0 Å². The van der Waals surface area contributed by atoms with Gasteiger partial charge in [-0.25, -0.2) is 0 Å². The molecule has 0 spiro atoms. The maximum absolute atomic E-state index is 13.0. The molecule has 1 amide bonds. The van der Waals surface area contributed by atoms with Crippen molar-refractivity contribution >= 4 is 16.9 Å². The van der Waals surface area contributed by atoms with E-state index >= 15 is 0 Å². The number of hydrogen-bond acceptors (Lipinski definition) is 5. The van der Waals surface area contributed by atoms with Gasteiger partial charge in [0.2, 0.25) is 16.9 Å². The first-order valence-corrected chi connectivity index (χ1v) is 9.66. The number of rotatable bonds is 7. The first-order chi connectivity index (χ1) is 14.6. The molecule has 0 unspecified atom stereocenters. The first-order valence-electron chi connectivity index (χ1n) is 9.66.